The molecule has 0 saturated carbocycles. The number of hydrogen-bond donors (Lipinski definition) is 1. The Kier molecular flexibility index (Phi) is 4.60. The Labute approximate surface area is 43.5 Å². The first-order valence-corrected chi connectivity index (χ1v) is 2.70. The van der Waals surface area contributed by atoms with Crippen LogP contribution in [-0.2, 0) is 13.7 Å². The van der Waals surface area contributed by atoms with Crippen molar-refractivity contribution in [2.45, 2.75) is 0 Å². The minimum Gasteiger partial charge on any atom is -0.315 e. The van der Waals surface area contributed by atoms with Crippen molar-refractivity contribution < 1.29 is 13.7 Å². The van der Waals surface area contributed by atoms with Crippen molar-refractivity contribution in [3.8, 4) is 0 Å². The highest BCUT2D eigenvalue weighted by Gasteiger charge is 2.01. The quantitative estimate of drug-likeness (QED) is 0.438. The molecule has 0 radical (unpaired) electrons. The van der Waals surface area contributed by atoms with Crippen molar-refractivity contribution in [2.24, 2.45) is 5.90 Å². The zero-order valence-electron chi connectivity index (χ0n) is 4.25. The second kappa shape index (κ2) is 4.43. The molecule has 5 heteroatoms. The smallest absolute Gasteiger partial charge is 0.315 e. The third-order valence-corrected chi connectivity index (χ3v) is 1.15. The standard InChI is InChI=1S/C2H8NO3P/c1-4-7(5-2)6-3/h3H2,1-2H3. The molecule has 0 aromatic rings. The van der Waals surface area contributed by atoms with Crippen LogP contribution in [0, 0.1) is 0 Å². The zero-order valence-corrected chi connectivity index (χ0v) is 5.14. The predicted molar refractivity (Wildman–Crippen MR) is 26.2 cm³/mol. The molecule has 0 rings (SSSR count). The van der Waals surface area contributed by atoms with Gasteiger partial charge in [0.05, 0.1) is 0 Å². The Balaban J connectivity index is 2.99. The number of rotatable bonds is 3. The van der Waals surface area contributed by atoms with E-state index < -0.39 is 8.60 Å². The van der Waals surface area contributed by atoms with Gasteiger partial charge in [0.1, 0.15) is 0 Å². The van der Waals surface area contributed by atoms with E-state index >= 15 is 0 Å². The van der Waals surface area contributed by atoms with Gasteiger partial charge in [-0.05, 0) is 0 Å². The Bertz CT molecular complexity index is 34.4. The van der Waals surface area contributed by atoms with Crippen LogP contribution in [0.2, 0.25) is 0 Å². The summed E-state index contributed by atoms with van der Waals surface area (Å²) in [5.74, 6) is 4.67. The van der Waals surface area contributed by atoms with Crippen molar-refractivity contribution in [2.75, 3.05) is 14.2 Å². The van der Waals surface area contributed by atoms with Gasteiger partial charge < -0.3 is 9.05 Å². The normalized spacial score (nSPS) is 10.3. The van der Waals surface area contributed by atoms with Crippen molar-refractivity contribution in [3.05, 3.63) is 0 Å². The van der Waals surface area contributed by atoms with E-state index in [9.17, 15) is 0 Å². The Morgan fingerprint density at radius 3 is 1.71 bits per heavy atom. The van der Waals surface area contributed by atoms with Gasteiger partial charge in [-0.1, -0.05) is 0 Å². The molecule has 2 N–H and O–H groups in total. The van der Waals surface area contributed by atoms with Crippen LogP contribution in [0.4, 0.5) is 0 Å². The van der Waals surface area contributed by atoms with Crippen molar-refractivity contribution >= 4 is 8.60 Å². The molecular formula is C2H8NO3P. The SMILES string of the molecule is COP(OC)ON. The van der Waals surface area contributed by atoms with E-state index in [1.54, 1.807) is 0 Å². The Morgan fingerprint density at radius 2 is 1.71 bits per heavy atom. The van der Waals surface area contributed by atoms with Crippen LogP contribution in [0.3, 0.4) is 0 Å². The molecule has 0 heterocycles. The lowest BCUT2D eigenvalue weighted by Gasteiger charge is -2.04. The average molecular weight is 125 g/mol. The van der Waals surface area contributed by atoms with Gasteiger partial charge in [-0.15, -0.1) is 0 Å². The van der Waals surface area contributed by atoms with Crippen LogP contribution in [0.15, 0.2) is 0 Å². The molecule has 44 valence electrons. The second-order valence-electron chi connectivity index (χ2n) is 0.694. The van der Waals surface area contributed by atoms with E-state index in [0.29, 0.717) is 0 Å². The minimum atomic E-state index is -1.28. The van der Waals surface area contributed by atoms with E-state index in [2.05, 4.69) is 19.6 Å². The highest BCUT2D eigenvalue weighted by molar-refractivity contribution is 7.41. The molecule has 0 amide bonds. The molecule has 0 aromatic carbocycles. The highest BCUT2D eigenvalue weighted by atomic mass is 31.2. The van der Waals surface area contributed by atoms with Gasteiger partial charge in [-0.3, -0.25) is 0 Å². The fourth-order valence-electron chi connectivity index (χ4n) is 0.161. The lowest BCUT2D eigenvalue weighted by atomic mass is 11.8. The van der Waals surface area contributed by atoms with Gasteiger partial charge in [-0.25, -0.2) is 10.5 Å². The molecule has 0 saturated heterocycles. The first-order chi connectivity index (χ1) is 3.35. The Morgan fingerprint density at radius 1 is 1.29 bits per heavy atom. The summed E-state index contributed by atoms with van der Waals surface area (Å²) in [7, 11) is 1.64. The number of nitrogens with two attached hydrogens (primary N) is 1. The van der Waals surface area contributed by atoms with Gasteiger partial charge in [0.25, 0.3) is 0 Å². The van der Waals surface area contributed by atoms with Gasteiger partial charge in [0.15, 0.2) is 0 Å². The minimum absolute atomic E-state index is 1.28. The van der Waals surface area contributed by atoms with Crippen molar-refractivity contribution in [1.29, 1.82) is 0 Å². The Hall–Kier alpha value is 0.270. The van der Waals surface area contributed by atoms with Gasteiger partial charge >= 0.3 is 8.60 Å². The summed E-state index contributed by atoms with van der Waals surface area (Å²) in [5.41, 5.74) is 0. The molecule has 0 unspecified atom stereocenters. The maximum Gasteiger partial charge on any atom is 0.350 e. The fraction of sp³-hybridized carbons (Fsp3) is 1.00. The summed E-state index contributed by atoms with van der Waals surface area (Å²) in [5, 5.41) is 0. The summed E-state index contributed by atoms with van der Waals surface area (Å²) in [6.45, 7) is 0. The molecule has 0 aliphatic rings. The maximum absolute atomic E-state index is 4.67. The summed E-state index contributed by atoms with van der Waals surface area (Å²) < 4.78 is 13.3. The van der Waals surface area contributed by atoms with Crippen LogP contribution < -0.4 is 5.90 Å². The molecule has 7 heavy (non-hydrogen) atoms. The van der Waals surface area contributed by atoms with Gasteiger partial charge in [0.2, 0.25) is 0 Å². The predicted octanol–water partition coefficient (Wildman–Crippen LogP) is 0.396. The highest BCUT2D eigenvalue weighted by Crippen LogP contribution is 2.34. The molecule has 0 aliphatic heterocycles. The van der Waals surface area contributed by atoms with Crippen LogP contribution in [-0.4, -0.2) is 14.2 Å². The van der Waals surface area contributed by atoms with E-state index in [4.69, 9.17) is 0 Å². The monoisotopic (exact) mass is 125 g/mol. The largest absolute Gasteiger partial charge is 0.350 e. The molecular weight excluding hydrogens is 117 g/mol. The van der Waals surface area contributed by atoms with Gasteiger partial charge in [-0.2, -0.15) is 0 Å². The number of hydrogen-bond acceptors (Lipinski definition) is 4. The lowest BCUT2D eigenvalue weighted by Crippen LogP contribution is -1.94. The van der Waals surface area contributed by atoms with Crippen LogP contribution in [0.25, 0.3) is 0 Å². The molecule has 0 spiro atoms. The lowest BCUT2D eigenvalue weighted by molar-refractivity contribution is 0.210. The molecule has 0 fully saturated rings. The summed E-state index contributed by atoms with van der Waals surface area (Å²) >= 11 is 0. The first kappa shape index (κ1) is 7.27. The van der Waals surface area contributed by atoms with Crippen molar-refractivity contribution in [1.82, 2.24) is 0 Å². The zero-order chi connectivity index (χ0) is 5.70. The third-order valence-electron chi connectivity index (χ3n) is 0.384. The summed E-state index contributed by atoms with van der Waals surface area (Å²) in [6.07, 6.45) is 0. The summed E-state index contributed by atoms with van der Waals surface area (Å²) in [4.78, 5) is 0. The van der Waals surface area contributed by atoms with Crippen LogP contribution in [0.1, 0.15) is 0 Å². The molecule has 0 aromatic heterocycles. The van der Waals surface area contributed by atoms with E-state index in [1.807, 2.05) is 0 Å². The van der Waals surface area contributed by atoms with E-state index in [1.165, 1.54) is 14.2 Å². The van der Waals surface area contributed by atoms with Crippen LogP contribution in [0.5, 0.6) is 0 Å². The van der Waals surface area contributed by atoms with Gasteiger partial charge in [0, 0.05) is 14.2 Å². The first-order valence-electron chi connectivity index (χ1n) is 1.60. The molecule has 0 bridgehead atoms. The average Bonchev–Trinajstić information content (AvgIpc) is 1.72. The molecule has 0 aliphatic carbocycles. The van der Waals surface area contributed by atoms with E-state index in [0.717, 1.165) is 0 Å². The second-order valence-corrected chi connectivity index (χ2v) is 2.08. The van der Waals surface area contributed by atoms with Crippen molar-refractivity contribution in [3.63, 3.8) is 0 Å². The molecule has 4 nitrogen and oxygen atoms in total. The van der Waals surface area contributed by atoms with Crippen LogP contribution >= 0.6 is 8.60 Å². The summed E-state index contributed by atoms with van der Waals surface area (Å²) in [6, 6.07) is 0. The van der Waals surface area contributed by atoms with E-state index in [-0.39, 0.29) is 0 Å². The topological polar surface area (TPSA) is 53.7 Å². The third kappa shape index (κ3) is 2.91. The maximum atomic E-state index is 4.67. The molecule has 0 atom stereocenters. The fourth-order valence-corrected chi connectivity index (χ4v) is 0.482.